The average Bonchev–Trinajstić information content (AvgIpc) is 3.71. The molecular formula is C40H33N3O4. The number of carboxylic acid groups (broad SMARTS) is 1. The van der Waals surface area contributed by atoms with Crippen molar-refractivity contribution in [2.75, 3.05) is 6.61 Å². The molecule has 0 fully saturated rings. The van der Waals surface area contributed by atoms with Crippen molar-refractivity contribution in [2.24, 2.45) is 5.73 Å². The number of nitrogens with zero attached hydrogens (tertiary/aromatic N) is 2. The van der Waals surface area contributed by atoms with Crippen molar-refractivity contribution in [3.63, 3.8) is 0 Å². The van der Waals surface area contributed by atoms with Crippen molar-refractivity contribution in [3.05, 3.63) is 186 Å². The standard InChI is InChI=1S/C40H33N3O4/c41-39(37(44)45,38(46)47-26-36-34-22-12-10-20-32(34)33-21-11-13-23-35(33)36)24-31-25-43(27-42-31)40(28-14-4-1-5-15-28,29-16-6-2-7-17-29)30-18-8-3-9-19-30/h1-23,25,27,36H,24,26,41H2,(H,44,45)/t39-/m0/s1. The van der Waals surface area contributed by atoms with Crippen LogP contribution in [0.25, 0.3) is 11.1 Å². The number of benzene rings is 5. The molecule has 0 bridgehead atoms. The molecule has 7 heteroatoms. The second-order valence-electron chi connectivity index (χ2n) is 11.9. The fraction of sp³-hybridized carbons (Fsp3) is 0.125. The molecule has 5 aromatic carbocycles. The van der Waals surface area contributed by atoms with E-state index in [0.717, 1.165) is 38.9 Å². The Hall–Kier alpha value is -5.79. The van der Waals surface area contributed by atoms with E-state index in [-0.39, 0.29) is 18.9 Å². The molecule has 1 aliphatic carbocycles. The van der Waals surface area contributed by atoms with Gasteiger partial charge >= 0.3 is 11.9 Å². The van der Waals surface area contributed by atoms with E-state index >= 15 is 0 Å². The van der Waals surface area contributed by atoms with Crippen LogP contribution in [0.4, 0.5) is 0 Å². The second-order valence-corrected chi connectivity index (χ2v) is 11.9. The Morgan fingerprint density at radius 2 is 1.15 bits per heavy atom. The van der Waals surface area contributed by atoms with E-state index in [1.165, 1.54) is 0 Å². The number of hydrogen-bond donors (Lipinski definition) is 2. The fourth-order valence-electron chi connectivity index (χ4n) is 6.87. The summed E-state index contributed by atoms with van der Waals surface area (Å²) in [6.45, 7) is -0.0351. The quantitative estimate of drug-likeness (QED) is 0.104. The first-order valence-corrected chi connectivity index (χ1v) is 15.5. The number of hydrogen-bond acceptors (Lipinski definition) is 5. The molecule has 232 valence electrons. The molecule has 0 radical (unpaired) electrons. The van der Waals surface area contributed by atoms with Crippen LogP contribution < -0.4 is 5.73 Å². The van der Waals surface area contributed by atoms with Crippen molar-refractivity contribution in [2.45, 2.75) is 23.4 Å². The lowest BCUT2D eigenvalue weighted by atomic mass is 9.76. The van der Waals surface area contributed by atoms with Crippen LogP contribution in [0.1, 0.15) is 39.4 Å². The normalized spacial score (nSPS) is 13.7. The van der Waals surface area contributed by atoms with Crippen LogP contribution in [0.5, 0.6) is 0 Å². The van der Waals surface area contributed by atoms with Gasteiger partial charge in [0.2, 0.25) is 5.54 Å². The summed E-state index contributed by atoms with van der Waals surface area (Å²) in [7, 11) is 0. The maximum Gasteiger partial charge on any atom is 0.338 e. The molecule has 47 heavy (non-hydrogen) atoms. The van der Waals surface area contributed by atoms with Crippen molar-refractivity contribution in [1.29, 1.82) is 0 Å². The summed E-state index contributed by atoms with van der Waals surface area (Å²) in [6.07, 6.45) is 3.08. The molecule has 6 aromatic rings. The highest BCUT2D eigenvalue weighted by Crippen LogP contribution is 2.45. The summed E-state index contributed by atoms with van der Waals surface area (Å²) >= 11 is 0. The van der Waals surface area contributed by atoms with Gasteiger partial charge in [-0.05, 0) is 38.9 Å². The van der Waals surface area contributed by atoms with Crippen LogP contribution in [-0.2, 0) is 26.3 Å². The highest BCUT2D eigenvalue weighted by molar-refractivity contribution is 6.04. The van der Waals surface area contributed by atoms with Gasteiger partial charge in [0, 0.05) is 18.5 Å². The molecule has 7 rings (SSSR count). The Kier molecular flexibility index (Phi) is 7.75. The van der Waals surface area contributed by atoms with E-state index in [4.69, 9.17) is 10.5 Å². The molecule has 0 unspecified atom stereocenters. The zero-order valence-corrected chi connectivity index (χ0v) is 25.6. The van der Waals surface area contributed by atoms with Crippen LogP contribution in [-0.4, -0.2) is 38.7 Å². The number of carboxylic acids is 1. The van der Waals surface area contributed by atoms with E-state index in [9.17, 15) is 14.7 Å². The average molecular weight is 620 g/mol. The second kappa shape index (κ2) is 12.2. The zero-order valence-electron chi connectivity index (χ0n) is 25.6. The Morgan fingerprint density at radius 1 is 0.702 bits per heavy atom. The van der Waals surface area contributed by atoms with Gasteiger partial charge in [-0.1, -0.05) is 140 Å². The molecule has 1 heterocycles. The lowest BCUT2D eigenvalue weighted by molar-refractivity contribution is -0.161. The summed E-state index contributed by atoms with van der Waals surface area (Å²) in [5.74, 6) is -2.72. The SMILES string of the molecule is N[C@@](Cc1cn(C(c2ccccc2)(c2ccccc2)c2ccccc2)cn1)(C(=O)O)C(=O)OCC1c2ccccc2-c2ccccc21. The van der Waals surface area contributed by atoms with Gasteiger partial charge in [-0.25, -0.2) is 14.6 Å². The lowest BCUT2D eigenvalue weighted by Gasteiger charge is -2.37. The van der Waals surface area contributed by atoms with Crippen LogP contribution in [0, 0.1) is 0 Å². The maximum absolute atomic E-state index is 13.6. The monoisotopic (exact) mass is 619 g/mol. The highest BCUT2D eigenvalue weighted by atomic mass is 16.5. The zero-order chi connectivity index (χ0) is 32.4. The Morgan fingerprint density at radius 3 is 1.62 bits per heavy atom. The largest absolute Gasteiger partial charge is 0.479 e. The van der Waals surface area contributed by atoms with Crippen LogP contribution in [0.3, 0.4) is 0 Å². The smallest absolute Gasteiger partial charge is 0.338 e. The first kappa shape index (κ1) is 29.9. The number of aromatic nitrogens is 2. The molecule has 1 atom stereocenters. The Labute approximate surface area is 272 Å². The number of ether oxygens (including phenoxy) is 1. The molecule has 3 N–H and O–H groups in total. The third-order valence-corrected chi connectivity index (χ3v) is 9.15. The summed E-state index contributed by atoms with van der Waals surface area (Å²) in [4.78, 5) is 30.9. The number of fused-ring (bicyclic) bond motifs is 3. The van der Waals surface area contributed by atoms with Gasteiger partial charge in [-0.3, -0.25) is 0 Å². The highest BCUT2D eigenvalue weighted by Gasteiger charge is 2.46. The van der Waals surface area contributed by atoms with E-state index in [1.54, 1.807) is 12.5 Å². The maximum atomic E-state index is 13.6. The lowest BCUT2D eigenvalue weighted by Crippen LogP contribution is -2.57. The minimum Gasteiger partial charge on any atom is -0.479 e. The van der Waals surface area contributed by atoms with Gasteiger partial charge in [0.1, 0.15) is 12.1 Å². The molecule has 0 saturated heterocycles. The van der Waals surface area contributed by atoms with Gasteiger partial charge in [0.05, 0.1) is 12.0 Å². The van der Waals surface area contributed by atoms with Gasteiger partial charge in [-0.2, -0.15) is 0 Å². The van der Waals surface area contributed by atoms with Crippen LogP contribution >= 0.6 is 0 Å². The summed E-state index contributed by atoms with van der Waals surface area (Å²) in [5.41, 5.74) is 10.7. The van der Waals surface area contributed by atoms with E-state index in [2.05, 4.69) is 41.4 Å². The predicted octanol–water partition coefficient (Wildman–Crippen LogP) is 6.40. The van der Waals surface area contributed by atoms with Crippen molar-refractivity contribution >= 4 is 11.9 Å². The molecule has 1 aliphatic rings. The molecule has 7 nitrogen and oxygen atoms in total. The van der Waals surface area contributed by atoms with Crippen molar-refractivity contribution in [1.82, 2.24) is 9.55 Å². The molecule has 0 amide bonds. The summed E-state index contributed by atoms with van der Waals surface area (Å²) < 4.78 is 7.70. The number of rotatable bonds is 10. The van der Waals surface area contributed by atoms with E-state index in [1.807, 2.05) is 108 Å². The number of carbonyl (C=O) groups excluding carboxylic acids is 1. The Balaban J connectivity index is 1.22. The predicted molar refractivity (Wildman–Crippen MR) is 180 cm³/mol. The molecular weight excluding hydrogens is 586 g/mol. The topological polar surface area (TPSA) is 107 Å². The first-order chi connectivity index (χ1) is 22.9. The van der Waals surface area contributed by atoms with Gasteiger partial charge in [0.15, 0.2) is 0 Å². The van der Waals surface area contributed by atoms with Crippen molar-refractivity contribution < 1.29 is 19.4 Å². The van der Waals surface area contributed by atoms with E-state index < -0.39 is 23.0 Å². The van der Waals surface area contributed by atoms with Crippen LogP contribution in [0.2, 0.25) is 0 Å². The first-order valence-electron chi connectivity index (χ1n) is 15.5. The van der Waals surface area contributed by atoms with Crippen LogP contribution in [0.15, 0.2) is 152 Å². The fourth-order valence-corrected chi connectivity index (χ4v) is 6.87. The summed E-state index contributed by atoms with van der Waals surface area (Å²) in [6, 6.07) is 46.1. The minimum atomic E-state index is -2.36. The van der Waals surface area contributed by atoms with E-state index in [0.29, 0.717) is 5.69 Å². The van der Waals surface area contributed by atoms with Gasteiger partial charge in [0.25, 0.3) is 0 Å². The molecule has 0 saturated carbocycles. The molecule has 0 spiro atoms. The van der Waals surface area contributed by atoms with Gasteiger partial charge in [-0.15, -0.1) is 0 Å². The number of nitrogens with two attached hydrogens (primary N) is 1. The number of esters is 1. The number of imidazole rings is 1. The number of carbonyl (C=O) groups is 2. The van der Waals surface area contributed by atoms with Gasteiger partial charge < -0.3 is 20.1 Å². The third kappa shape index (κ3) is 5.11. The number of aliphatic carboxylic acids is 1. The summed E-state index contributed by atoms with van der Waals surface area (Å²) in [5, 5.41) is 10.3. The molecule has 1 aromatic heterocycles. The third-order valence-electron chi connectivity index (χ3n) is 9.15. The minimum absolute atomic E-state index is 0.0351. The molecule has 0 aliphatic heterocycles. The van der Waals surface area contributed by atoms with Crippen molar-refractivity contribution in [3.8, 4) is 11.1 Å². The Bertz CT molecular complexity index is 1900.